The Balaban J connectivity index is 0.00000225. The summed E-state index contributed by atoms with van der Waals surface area (Å²) >= 11 is 3.11. The Morgan fingerprint density at radius 3 is 2.64 bits per heavy atom. The third kappa shape index (κ3) is 4.33. The van der Waals surface area contributed by atoms with Crippen LogP contribution in [0.2, 0.25) is 0 Å². The highest BCUT2D eigenvalue weighted by Crippen LogP contribution is 2.30. The smallest absolute Gasteiger partial charge is 0.260 e. The van der Waals surface area contributed by atoms with Gasteiger partial charge in [-0.25, -0.2) is 9.97 Å². The van der Waals surface area contributed by atoms with Gasteiger partial charge in [0.25, 0.3) is 5.91 Å². The lowest BCUT2D eigenvalue weighted by molar-refractivity contribution is 0.0986. The van der Waals surface area contributed by atoms with Crippen molar-refractivity contribution < 1.29 is 4.79 Å². The number of fused-ring (bicyclic) bond motifs is 2. The first-order chi connectivity index (χ1) is 13.1. The van der Waals surface area contributed by atoms with E-state index in [4.69, 9.17) is 4.98 Å². The summed E-state index contributed by atoms with van der Waals surface area (Å²) in [5, 5.41) is 0.754. The molecular formula is C20H21ClN4OS2. The van der Waals surface area contributed by atoms with Gasteiger partial charge in [0.1, 0.15) is 0 Å². The number of carbonyl (C=O) groups excluding carboxylic acids is 1. The molecule has 0 aliphatic heterocycles. The first-order valence-corrected chi connectivity index (χ1v) is 10.5. The third-order valence-electron chi connectivity index (χ3n) is 4.32. The first kappa shape index (κ1) is 20.7. The van der Waals surface area contributed by atoms with Crippen LogP contribution in [0.25, 0.3) is 20.4 Å². The monoisotopic (exact) mass is 432 g/mol. The van der Waals surface area contributed by atoms with E-state index in [0.717, 1.165) is 38.5 Å². The van der Waals surface area contributed by atoms with Gasteiger partial charge in [-0.05, 0) is 57.4 Å². The van der Waals surface area contributed by atoms with Gasteiger partial charge in [0.15, 0.2) is 5.13 Å². The van der Waals surface area contributed by atoms with Crippen molar-refractivity contribution in [3.8, 4) is 0 Å². The van der Waals surface area contributed by atoms with Crippen molar-refractivity contribution in [3.05, 3.63) is 53.5 Å². The van der Waals surface area contributed by atoms with E-state index >= 15 is 0 Å². The summed E-state index contributed by atoms with van der Waals surface area (Å²) in [4.78, 5) is 26.3. The highest BCUT2D eigenvalue weighted by molar-refractivity contribution is 7.22. The zero-order valence-corrected chi connectivity index (χ0v) is 18.1. The van der Waals surface area contributed by atoms with Crippen LogP contribution in [-0.4, -0.2) is 48.0 Å². The van der Waals surface area contributed by atoms with Crippen LogP contribution in [0.15, 0.2) is 48.0 Å². The molecule has 2 aromatic heterocycles. The lowest BCUT2D eigenvalue weighted by Crippen LogP contribution is -2.33. The summed E-state index contributed by atoms with van der Waals surface area (Å²) in [6, 6.07) is 13.7. The molecule has 1 amide bonds. The van der Waals surface area contributed by atoms with Gasteiger partial charge in [-0.2, -0.15) is 0 Å². The minimum absolute atomic E-state index is 0. The fraction of sp³-hybridized carbons (Fsp3) is 0.250. The number of amides is 1. The standard InChI is InChI=1S/C20H20N4OS2.ClH/c1-23(2)10-5-11-24(20-22-16-6-3-4-7-17(16)27-20)19(25)14-8-9-15-18(12-14)26-13-21-15;/h3-4,6-9,12-13H,5,10-11H2,1-2H3;1H. The Labute approximate surface area is 178 Å². The minimum atomic E-state index is -0.0110. The number of hydrogen-bond acceptors (Lipinski definition) is 6. The van der Waals surface area contributed by atoms with Crippen molar-refractivity contribution in [2.75, 3.05) is 32.1 Å². The van der Waals surface area contributed by atoms with Crippen LogP contribution < -0.4 is 4.90 Å². The van der Waals surface area contributed by atoms with Gasteiger partial charge < -0.3 is 4.90 Å². The van der Waals surface area contributed by atoms with E-state index in [0.29, 0.717) is 12.1 Å². The van der Waals surface area contributed by atoms with E-state index < -0.39 is 0 Å². The van der Waals surface area contributed by atoms with Crippen LogP contribution in [0.3, 0.4) is 0 Å². The van der Waals surface area contributed by atoms with E-state index in [1.165, 1.54) is 0 Å². The van der Waals surface area contributed by atoms with Crippen LogP contribution in [0.4, 0.5) is 5.13 Å². The predicted octanol–water partition coefficient (Wildman–Crippen LogP) is 4.93. The molecule has 0 saturated heterocycles. The molecule has 2 aromatic carbocycles. The fourth-order valence-corrected chi connectivity index (χ4v) is 4.65. The van der Waals surface area contributed by atoms with E-state index in [9.17, 15) is 4.79 Å². The van der Waals surface area contributed by atoms with Crippen molar-refractivity contribution in [1.29, 1.82) is 0 Å². The second-order valence-corrected chi connectivity index (χ2v) is 8.51. The van der Waals surface area contributed by atoms with Crippen molar-refractivity contribution in [2.45, 2.75) is 6.42 Å². The number of carbonyl (C=O) groups is 1. The van der Waals surface area contributed by atoms with Crippen LogP contribution in [0.5, 0.6) is 0 Å². The summed E-state index contributed by atoms with van der Waals surface area (Å²) in [5.74, 6) is -0.0110. The molecule has 0 aliphatic rings. The van der Waals surface area contributed by atoms with E-state index in [1.54, 1.807) is 28.2 Å². The molecule has 0 aliphatic carbocycles. The molecule has 0 bridgehead atoms. The van der Waals surface area contributed by atoms with Gasteiger partial charge >= 0.3 is 0 Å². The molecule has 28 heavy (non-hydrogen) atoms. The quantitative estimate of drug-likeness (QED) is 0.433. The predicted molar refractivity (Wildman–Crippen MR) is 121 cm³/mol. The number of anilines is 1. The molecule has 0 saturated carbocycles. The minimum Gasteiger partial charge on any atom is -0.309 e. The van der Waals surface area contributed by atoms with Crippen molar-refractivity contribution >= 4 is 66.6 Å². The number of benzene rings is 2. The van der Waals surface area contributed by atoms with E-state index in [2.05, 4.69) is 9.88 Å². The Hall–Kier alpha value is -2.06. The SMILES string of the molecule is CN(C)CCCN(C(=O)c1ccc2ncsc2c1)c1nc2ccccc2s1.Cl. The number of nitrogens with zero attached hydrogens (tertiary/aromatic N) is 4. The van der Waals surface area contributed by atoms with Crippen LogP contribution >= 0.6 is 35.1 Å². The molecule has 8 heteroatoms. The van der Waals surface area contributed by atoms with Crippen LogP contribution in [0.1, 0.15) is 16.8 Å². The number of aromatic nitrogens is 2. The average molecular weight is 433 g/mol. The largest absolute Gasteiger partial charge is 0.309 e. The van der Waals surface area contributed by atoms with Crippen molar-refractivity contribution in [2.24, 2.45) is 0 Å². The zero-order valence-electron chi connectivity index (χ0n) is 15.7. The Kier molecular flexibility index (Phi) is 6.61. The number of halogens is 1. The molecule has 0 radical (unpaired) electrons. The summed E-state index contributed by atoms with van der Waals surface area (Å²) < 4.78 is 2.12. The van der Waals surface area contributed by atoms with Crippen LogP contribution in [0, 0.1) is 0 Å². The lowest BCUT2D eigenvalue weighted by atomic mass is 10.2. The Bertz CT molecular complexity index is 1060. The summed E-state index contributed by atoms with van der Waals surface area (Å²) in [6.45, 7) is 1.56. The lowest BCUT2D eigenvalue weighted by Gasteiger charge is -2.21. The molecular weight excluding hydrogens is 412 g/mol. The van der Waals surface area contributed by atoms with Crippen LogP contribution in [-0.2, 0) is 0 Å². The fourth-order valence-electron chi connectivity index (χ4n) is 2.95. The second kappa shape index (κ2) is 8.96. The number of thiazole rings is 2. The normalized spacial score (nSPS) is 11.1. The maximum atomic E-state index is 13.3. The molecule has 0 spiro atoms. The van der Waals surface area contributed by atoms with Gasteiger partial charge in [0.05, 0.1) is 25.9 Å². The van der Waals surface area contributed by atoms with Gasteiger partial charge in [-0.3, -0.25) is 9.69 Å². The molecule has 0 atom stereocenters. The molecule has 5 nitrogen and oxygen atoms in total. The maximum absolute atomic E-state index is 13.3. The molecule has 0 unspecified atom stereocenters. The van der Waals surface area contributed by atoms with E-state index in [1.807, 2.05) is 61.5 Å². The Morgan fingerprint density at radius 2 is 1.86 bits per heavy atom. The highest BCUT2D eigenvalue weighted by atomic mass is 35.5. The number of rotatable bonds is 6. The molecule has 4 aromatic rings. The van der Waals surface area contributed by atoms with Gasteiger partial charge in [0.2, 0.25) is 0 Å². The molecule has 4 rings (SSSR count). The van der Waals surface area contributed by atoms with Crippen molar-refractivity contribution in [3.63, 3.8) is 0 Å². The molecule has 2 heterocycles. The van der Waals surface area contributed by atoms with E-state index in [-0.39, 0.29) is 18.3 Å². The average Bonchev–Trinajstić information content (AvgIpc) is 3.30. The Morgan fingerprint density at radius 1 is 1.04 bits per heavy atom. The first-order valence-electron chi connectivity index (χ1n) is 8.77. The van der Waals surface area contributed by atoms with Gasteiger partial charge in [-0.1, -0.05) is 23.5 Å². The topological polar surface area (TPSA) is 49.3 Å². The second-order valence-electron chi connectivity index (χ2n) is 6.61. The van der Waals surface area contributed by atoms with Gasteiger partial charge in [0, 0.05) is 12.1 Å². The maximum Gasteiger partial charge on any atom is 0.260 e. The zero-order chi connectivity index (χ0) is 18.8. The third-order valence-corrected chi connectivity index (χ3v) is 6.18. The highest BCUT2D eigenvalue weighted by Gasteiger charge is 2.21. The number of hydrogen-bond donors (Lipinski definition) is 0. The van der Waals surface area contributed by atoms with Crippen molar-refractivity contribution in [1.82, 2.24) is 14.9 Å². The van der Waals surface area contributed by atoms with Gasteiger partial charge in [-0.15, -0.1) is 23.7 Å². The summed E-state index contributed by atoms with van der Waals surface area (Å²) in [6.07, 6.45) is 0.886. The summed E-state index contributed by atoms with van der Waals surface area (Å²) in [5.41, 5.74) is 4.34. The molecule has 0 N–H and O–H groups in total. The molecule has 0 fully saturated rings. The summed E-state index contributed by atoms with van der Waals surface area (Å²) in [7, 11) is 4.09. The molecule has 146 valence electrons. The number of para-hydroxylation sites is 1.